The van der Waals surface area contributed by atoms with Crippen LogP contribution in [0.2, 0.25) is 0 Å². The fourth-order valence-corrected chi connectivity index (χ4v) is 8.33. The SMILES string of the molecule is COc1ccc2c(O[C@@H]3C[C@@H](C(=O)N[C@]4(C(=O)NS(=O)(=O)C5CC5)C[C@H]4I)N(C(=O)OC(C)(C)C)C3)nc(-c3ccc(OC(F)(F)F)cc3)cc2c1. The number of fused-ring (bicyclic) bond motifs is 1. The van der Waals surface area contributed by atoms with Crippen LogP contribution in [0, 0.1) is 0 Å². The van der Waals surface area contributed by atoms with Crippen molar-refractivity contribution in [3.8, 4) is 28.6 Å². The van der Waals surface area contributed by atoms with Gasteiger partial charge in [-0.15, -0.1) is 13.2 Å². The van der Waals surface area contributed by atoms with E-state index in [1.54, 1.807) is 45.0 Å². The Hall–Kier alpha value is -4.07. The number of nitrogens with one attached hydrogen (secondary N) is 2. The molecule has 280 valence electrons. The zero-order chi connectivity index (χ0) is 37.8. The molecule has 3 aliphatic rings. The second-order valence-electron chi connectivity index (χ2n) is 13.9. The van der Waals surface area contributed by atoms with Crippen LogP contribution >= 0.6 is 22.6 Å². The Bertz CT molecular complexity index is 2010. The van der Waals surface area contributed by atoms with Gasteiger partial charge >= 0.3 is 12.5 Å². The van der Waals surface area contributed by atoms with Crippen molar-refractivity contribution in [3.05, 3.63) is 48.5 Å². The van der Waals surface area contributed by atoms with Gasteiger partial charge in [0.1, 0.15) is 34.8 Å². The molecule has 2 saturated carbocycles. The summed E-state index contributed by atoms with van der Waals surface area (Å²) in [4.78, 5) is 46.5. The standard InChI is InChI=1S/C34H36F3IN4O9S/c1-32(2,3)51-31(45)42-17-22(15-26(42)28(43)40-33(16-27(33)38)30(44)41-52(46,47)23-10-11-23)49-29-24-12-9-21(48-4)13-19(24)14-25(39-29)18-5-7-20(8-6-18)50-34(35,36)37/h5-9,12-14,22-23,26-27H,10-11,15-17H2,1-4H3,(H,40,43)(H,41,44)/t22-,26+,27-,33-/m1/s1. The minimum atomic E-state index is -4.86. The van der Waals surface area contributed by atoms with Gasteiger partial charge in [0.2, 0.25) is 21.8 Å². The van der Waals surface area contributed by atoms with E-state index >= 15 is 0 Å². The highest BCUT2D eigenvalue weighted by molar-refractivity contribution is 14.1. The quantitative estimate of drug-likeness (QED) is 0.204. The van der Waals surface area contributed by atoms with Crippen molar-refractivity contribution in [2.75, 3.05) is 13.7 Å². The number of pyridine rings is 1. The van der Waals surface area contributed by atoms with E-state index in [4.69, 9.17) is 14.2 Å². The molecule has 0 unspecified atom stereocenters. The monoisotopic (exact) mass is 860 g/mol. The second kappa shape index (κ2) is 13.7. The van der Waals surface area contributed by atoms with Crippen LogP contribution in [0.15, 0.2) is 48.5 Å². The number of amides is 3. The van der Waals surface area contributed by atoms with Gasteiger partial charge in [0.15, 0.2) is 0 Å². The molecule has 0 spiro atoms. The summed E-state index contributed by atoms with van der Waals surface area (Å²) < 4.78 is 86.5. The van der Waals surface area contributed by atoms with Crippen LogP contribution in [-0.2, 0) is 24.3 Å². The summed E-state index contributed by atoms with van der Waals surface area (Å²) in [7, 11) is -2.38. The summed E-state index contributed by atoms with van der Waals surface area (Å²) in [5.74, 6) is -1.28. The van der Waals surface area contributed by atoms with Crippen LogP contribution < -0.4 is 24.2 Å². The number of carbonyl (C=O) groups excluding carboxylic acids is 3. The lowest BCUT2D eigenvalue weighted by Gasteiger charge is -2.29. The number of sulfonamides is 1. The number of carbonyl (C=O) groups is 3. The molecule has 0 radical (unpaired) electrons. The Labute approximate surface area is 311 Å². The minimum absolute atomic E-state index is 0.0396. The topological polar surface area (TPSA) is 162 Å². The van der Waals surface area contributed by atoms with Crippen molar-refractivity contribution in [1.29, 1.82) is 0 Å². The molecule has 18 heteroatoms. The predicted molar refractivity (Wildman–Crippen MR) is 190 cm³/mol. The molecule has 1 saturated heterocycles. The molecule has 2 aromatic carbocycles. The lowest BCUT2D eigenvalue weighted by atomic mass is 10.1. The maximum Gasteiger partial charge on any atom is 0.573 e. The number of likely N-dealkylation sites (tertiary alicyclic amines) is 1. The third-order valence-electron chi connectivity index (χ3n) is 8.68. The van der Waals surface area contributed by atoms with Crippen LogP contribution in [-0.4, -0.2) is 88.7 Å². The van der Waals surface area contributed by atoms with E-state index in [2.05, 4.69) is 19.8 Å². The van der Waals surface area contributed by atoms with Gasteiger partial charge in [0.05, 0.1) is 24.6 Å². The zero-order valence-corrected chi connectivity index (χ0v) is 31.4. The molecule has 52 heavy (non-hydrogen) atoms. The average molecular weight is 861 g/mol. The Morgan fingerprint density at radius 1 is 1.02 bits per heavy atom. The van der Waals surface area contributed by atoms with Crippen LogP contribution in [0.4, 0.5) is 18.0 Å². The van der Waals surface area contributed by atoms with Gasteiger partial charge in [-0.2, -0.15) is 0 Å². The minimum Gasteiger partial charge on any atom is -0.497 e. The average Bonchev–Trinajstić information content (AvgIpc) is 3.96. The van der Waals surface area contributed by atoms with Gasteiger partial charge in [0.25, 0.3) is 5.91 Å². The molecular formula is C34H36F3IN4O9S. The molecule has 1 aliphatic heterocycles. The fourth-order valence-electron chi connectivity index (χ4n) is 5.84. The van der Waals surface area contributed by atoms with E-state index < -0.39 is 72.5 Å². The van der Waals surface area contributed by atoms with Gasteiger partial charge in [0, 0.05) is 21.3 Å². The molecule has 1 aromatic heterocycles. The number of methoxy groups -OCH3 is 1. The lowest BCUT2D eigenvalue weighted by Crippen LogP contribution is -2.57. The first kappa shape index (κ1) is 37.7. The number of benzene rings is 2. The Morgan fingerprint density at radius 3 is 2.25 bits per heavy atom. The van der Waals surface area contributed by atoms with Gasteiger partial charge < -0.3 is 24.3 Å². The number of ether oxygens (including phenoxy) is 4. The highest BCUT2D eigenvalue weighted by Crippen LogP contribution is 2.44. The molecule has 2 heterocycles. The van der Waals surface area contributed by atoms with Crippen LogP contribution in [0.25, 0.3) is 22.0 Å². The lowest BCUT2D eigenvalue weighted by molar-refractivity contribution is -0.274. The molecule has 2 aliphatic carbocycles. The third kappa shape index (κ3) is 8.42. The summed E-state index contributed by atoms with van der Waals surface area (Å²) in [6, 6.07) is 10.9. The predicted octanol–water partition coefficient (Wildman–Crippen LogP) is 5.24. The number of aromatic nitrogens is 1. The summed E-state index contributed by atoms with van der Waals surface area (Å²) in [5.41, 5.74) is -1.59. The first-order valence-corrected chi connectivity index (χ1v) is 19.1. The number of hydrogen-bond donors (Lipinski definition) is 2. The van der Waals surface area contributed by atoms with E-state index in [-0.39, 0.29) is 25.3 Å². The molecule has 0 bridgehead atoms. The van der Waals surface area contributed by atoms with Crippen molar-refractivity contribution >= 4 is 61.3 Å². The first-order chi connectivity index (χ1) is 24.3. The van der Waals surface area contributed by atoms with E-state index in [0.717, 1.165) is 12.1 Å². The van der Waals surface area contributed by atoms with Gasteiger partial charge in [-0.3, -0.25) is 19.2 Å². The maximum atomic E-state index is 13.9. The third-order valence-corrected chi connectivity index (χ3v) is 12.0. The molecule has 13 nitrogen and oxygen atoms in total. The number of halogens is 4. The number of hydrogen-bond acceptors (Lipinski definition) is 10. The van der Waals surface area contributed by atoms with Crippen LogP contribution in [0.5, 0.6) is 17.4 Å². The van der Waals surface area contributed by atoms with Crippen molar-refractivity contribution < 1.29 is 54.9 Å². The highest BCUT2D eigenvalue weighted by atomic mass is 127. The van der Waals surface area contributed by atoms with Gasteiger partial charge in [-0.05, 0) is 94.0 Å². The van der Waals surface area contributed by atoms with Crippen LogP contribution in [0.1, 0.15) is 46.5 Å². The summed E-state index contributed by atoms with van der Waals surface area (Å²) in [6.07, 6.45) is -5.41. The van der Waals surface area contributed by atoms with Crippen LogP contribution in [0.3, 0.4) is 0 Å². The number of rotatable bonds is 10. The maximum absolute atomic E-state index is 13.9. The zero-order valence-electron chi connectivity index (χ0n) is 28.5. The largest absolute Gasteiger partial charge is 0.573 e. The Kier molecular flexibility index (Phi) is 9.95. The summed E-state index contributed by atoms with van der Waals surface area (Å²) >= 11 is 1.97. The van der Waals surface area contributed by atoms with Crippen molar-refractivity contribution in [3.63, 3.8) is 0 Å². The van der Waals surface area contributed by atoms with Gasteiger partial charge in [-0.25, -0.2) is 18.2 Å². The normalized spacial score (nSPS) is 23.2. The van der Waals surface area contributed by atoms with Crippen molar-refractivity contribution in [2.45, 2.75) is 85.3 Å². The molecule has 4 atom stereocenters. The molecular weight excluding hydrogens is 824 g/mol. The molecule has 3 fully saturated rings. The van der Waals surface area contributed by atoms with Crippen molar-refractivity contribution in [2.24, 2.45) is 0 Å². The van der Waals surface area contributed by atoms with E-state index in [0.29, 0.717) is 40.6 Å². The van der Waals surface area contributed by atoms with Gasteiger partial charge in [-0.1, -0.05) is 22.6 Å². The summed E-state index contributed by atoms with van der Waals surface area (Å²) in [6.45, 7) is 4.91. The molecule has 3 aromatic rings. The van der Waals surface area contributed by atoms with E-state index in [1.807, 2.05) is 22.6 Å². The van der Waals surface area contributed by atoms with Crippen molar-refractivity contribution in [1.82, 2.24) is 19.9 Å². The second-order valence-corrected chi connectivity index (χ2v) is 17.4. The van der Waals surface area contributed by atoms with E-state index in [1.165, 1.54) is 24.1 Å². The molecule has 3 amide bonds. The smallest absolute Gasteiger partial charge is 0.497 e. The Morgan fingerprint density at radius 2 is 1.67 bits per heavy atom. The highest BCUT2D eigenvalue weighted by Gasteiger charge is 2.62. The fraction of sp³-hybridized carbons (Fsp3) is 0.471. The molecule has 2 N–H and O–H groups in total. The summed E-state index contributed by atoms with van der Waals surface area (Å²) in [5, 5.41) is 3.27. The van der Waals surface area contributed by atoms with E-state index in [9.17, 15) is 36.0 Å². The number of nitrogens with zero attached hydrogens (tertiary/aromatic N) is 2. The first-order valence-electron chi connectivity index (χ1n) is 16.3. The Balaban J connectivity index is 1.28. The molecule has 6 rings (SSSR count). The number of alkyl halides is 4.